The second-order valence-electron chi connectivity index (χ2n) is 5.18. The van der Waals surface area contributed by atoms with Gasteiger partial charge in [0.05, 0.1) is 17.1 Å². The molecule has 2 rings (SSSR count). The molecular weight excluding hydrogens is 336 g/mol. The Morgan fingerprint density at radius 1 is 1.00 bits per heavy atom. The molecule has 0 aliphatic carbocycles. The van der Waals surface area contributed by atoms with Crippen molar-refractivity contribution in [3.8, 4) is 0 Å². The maximum atomic E-state index is 12.9. The smallest absolute Gasteiger partial charge is 0.264 e. The topological polar surface area (TPSA) is 66.5 Å². The first-order valence-electron chi connectivity index (χ1n) is 7.68. The van der Waals surface area contributed by atoms with Crippen molar-refractivity contribution in [2.24, 2.45) is 0 Å². The maximum Gasteiger partial charge on any atom is 0.264 e. The second kappa shape index (κ2) is 8.30. The van der Waals surface area contributed by atoms with Crippen LogP contribution in [0.5, 0.6) is 0 Å². The zero-order valence-corrected chi connectivity index (χ0v) is 14.6. The lowest BCUT2D eigenvalue weighted by Gasteiger charge is -2.23. The van der Waals surface area contributed by atoms with Crippen molar-refractivity contribution in [3.05, 3.63) is 85.5 Å². The van der Waals surface area contributed by atoms with E-state index in [1.165, 1.54) is 10.4 Å². The van der Waals surface area contributed by atoms with Crippen molar-refractivity contribution in [2.45, 2.75) is 4.90 Å². The number of hydrogen-bond donors (Lipinski definition) is 1. The molecule has 0 aromatic heterocycles. The van der Waals surface area contributed by atoms with Gasteiger partial charge in [-0.1, -0.05) is 30.4 Å². The van der Waals surface area contributed by atoms with Crippen LogP contribution in [0.15, 0.2) is 84.8 Å². The molecule has 1 amide bonds. The number of nitrogens with zero attached hydrogens (tertiary/aromatic N) is 1. The number of hydrogen-bond acceptors (Lipinski definition) is 3. The van der Waals surface area contributed by atoms with Gasteiger partial charge < -0.3 is 5.32 Å². The zero-order chi connectivity index (χ0) is 18.3. The normalized spacial score (nSPS) is 10.7. The highest BCUT2D eigenvalue weighted by atomic mass is 32.2. The van der Waals surface area contributed by atoms with Crippen LogP contribution in [-0.2, 0) is 10.0 Å². The molecule has 0 saturated carbocycles. The summed E-state index contributed by atoms with van der Waals surface area (Å²) in [6.45, 7) is 7.67. The molecule has 0 spiro atoms. The predicted octanol–water partition coefficient (Wildman–Crippen LogP) is 2.98. The number of carbonyl (C=O) groups is 1. The predicted molar refractivity (Wildman–Crippen MR) is 100 cm³/mol. The molecule has 5 nitrogen and oxygen atoms in total. The van der Waals surface area contributed by atoms with Crippen molar-refractivity contribution in [1.29, 1.82) is 0 Å². The summed E-state index contributed by atoms with van der Waals surface area (Å²) in [5.74, 6) is -0.243. The summed E-state index contributed by atoms with van der Waals surface area (Å²) in [6, 6.07) is 14.6. The van der Waals surface area contributed by atoms with Crippen LogP contribution >= 0.6 is 0 Å². The van der Waals surface area contributed by atoms with Crippen LogP contribution < -0.4 is 9.62 Å². The molecule has 6 heteroatoms. The molecule has 0 aliphatic heterocycles. The zero-order valence-electron chi connectivity index (χ0n) is 13.8. The van der Waals surface area contributed by atoms with Crippen LogP contribution in [0.4, 0.5) is 5.69 Å². The van der Waals surface area contributed by atoms with Gasteiger partial charge in [0.25, 0.3) is 15.9 Å². The molecule has 0 atom stereocenters. The van der Waals surface area contributed by atoms with Crippen molar-refractivity contribution in [2.75, 3.05) is 17.4 Å². The summed E-state index contributed by atoms with van der Waals surface area (Å²) in [6.07, 6.45) is 3.11. The van der Waals surface area contributed by atoms with Crippen LogP contribution in [0.25, 0.3) is 0 Å². The largest absolute Gasteiger partial charge is 0.349 e. The highest BCUT2D eigenvalue weighted by Gasteiger charge is 2.23. The molecule has 0 radical (unpaired) electrons. The van der Waals surface area contributed by atoms with E-state index in [-0.39, 0.29) is 17.3 Å². The van der Waals surface area contributed by atoms with E-state index >= 15 is 0 Å². The summed E-state index contributed by atoms with van der Waals surface area (Å²) >= 11 is 0. The molecule has 0 aliphatic rings. The fourth-order valence-electron chi connectivity index (χ4n) is 2.23. The lowest BCUT2D eigenvalue weighted by atomic mass is 10.2. The lowest BCUT2D eigenvalue weighted by Crippen LogP contribution is -2.31. The third kappa shape index (κ3) is 4.36. The second-order valence-corrected chi connectivity index (χ2v) is 7.05. The monoisotopic (exact) mass is 356 g/mol. The van der Waals surface area contributed by atoms with Crippen LogP contribution in [0.2, 0.25) is 0 Å². The third-order valence-corrected chi connectivity index (χ3v) is 5.26. The van der Waals surface area contributed by atoms with Gasteiger partial charge in [0.2, 0.25) is 0 Å². The minimum absolute atomic E-state index is 0.124. The van der Waals surface area contributed by atoms with Crippen molar-refractivity contribution >= 4 is 21.6 Å². The number of amides is 1. The van der Waals surface area contributed by atoms with Gasteiger partial charge in [0.1, 0.15) is 0 Å². The van der Waals surface area contributed by atoms with Crippen LogP contribution in [0.1, 0.15) is 10.4 Å². The number of nitrogens with one attached hydrogen (secondary N) is 1. The van der Waals surface area contributed by atoms with Gasteiger partial charge in [-0.3, -0.25) is 9.10 Å². The Kier molecular flexibility index (Phi) is 6.14. The van der Waals surface area contributed by atoms with Gasteiger partial charge in [-0.05, 0) is 36.4 Å². The van der Waals surface area contributed by atoms with Gasteiger partial charge in [0.15, 0.2) is 0 Å². The Balaban J connectivity index is 2.33. The van der Waals surface area contributed by atoms with Crippen molar-refractivity contribution < 1.29 is 13.2 Å². The van der Waals surface area contributed by atoms with Gasteiger partial charge in [-0.2, -0.15) is 0 Å². The summed E-state index contributed by atoms with van der Waals surface area (Å²) in [5.41, 5.74) is 0.908. The molecule has 0 fully saturated rings. The molecule has 130 valence electrons. The average Bonchev–Trinajstić information content (AvgIpc) is 2.65. The van der Waals surface area contributed by atoms with Crippen LogP contribution in [0.3, 0.4) is 0 Å². The molecule has 0 saturated heterocycles. The Morgan fingerprint density at radius 2 is 1.64 bits per heavy atom. The van der Waals surface area contributed by atoms with Crippen molar-refractivity contribution in [1.82, 2.24) is 5.32 Å². The maximum absolute atomic E-state index is 12.9. The first kappa shape index (κ1) is 18.5. The molecule has 1 N–H and O–H groups in total. The van der Waals surface area contributed by atoms with E-state index in [9.17, 15) is 13.2 Å². The van der Waals surface area contributed by atoms with Gasteiger partial charge >= 0.3 is 0 Å². The van der Waals surface area contributed by atoms with Gasteiger partial charge in [0, 0.05) is 12.1 Å². The first-order chi connectivity index (χ1) is 12.0. The SMILES string of the molecule is C=CCNC(=O)c1ccc(N(CC=C)S(=O)(=O)c2ccccc2)cc1. The summed E-state index contributed by atoms with van der Waals surface area (Å²) in [4.78, 5) is 12.1. The quantitative estimate of drug-likeness (QED) is 0.740. The average molecular weight is 356 g/mol. The van der Waals surface area contributed by atoms with Gasteiger partial charge in [-0.25, -0.2) is 8.42 Å². The standard InChI is InChI=1S/C19H20N2O3S/c1-3-14-20-19(22)16-10-12-17(13-11-16)21(15-4-2)25(23,24)18-8-6-5-7-9-18/h3-13H,1-2,14-15H2,(H,20,22). The Bertz CT molecular complexity index is 844. The number of sulfonamides is 1. The number of benzene rings is 2. The Labute approximate surface area is 148 Å². The van der Waals surface area contributed by atoms with E-state index in [0.717, 1.165) is 0 Å². The summed E-state index contributed by atoms with van der Waals surface area (Å²) in [7, 11) is -3.72. The Morgan fingerprint density at radius 3 is 2.20 bits per heavy atom. The highest BCUT2D eigenvalue weighted by molar-refractivity contribution is 7.92. The van der Waals surface area contributed by atoms with Crippen LogP contribution in [-0.4, -0.2) is 27.4 Å². The molecule has 25 heavy (non-hydrogen) atoms. The molecule has 0 bridgehead atoms. The molecule has 0 heterocycles. The number of carbonyl (C=O) groups excluding carboxylic acids is 1. The first-order valence-corrected chi connectivity index (χ1v) is 9.12. The van der Waals surface area contributed by atoms with E-state index in [1.807, 2.05) is 0 Å². The molecule has 0 unspecified atom stereocenters. The van der Waals surface area contributed by atoms with Crippen molar-refractivity contribution in [3.63, 3.8) is 0 Å². The van der Waals surface area contributed by atoms with E-state index in [4.69, 9.17) is 0 Å². The summed E-state index contributed by atoms with van der Waals surface area (Å²) < 4.78 is 27.0. The van der Waals surface area contributed by atoms with E-state index in [2.05, 4.69) is 18.5 Å². The van der Waals surface area contributed by atoms with E-state index in [0.29, 0.717) is 17.8 Å². The minimum atomic E-state index is -3.72. The fraction of sp³-hybridized carbons (Fsp3) is 0.105. The number of anilines is 1. The minimum Gasteiger partial charge on any atom is -0.349 e. The number of rotatable bonds is 8. The fourth-order valence-corrected chi connectivity index (χ4v) is 3.68. The van der Waals surface area contributed by atoms with E-state index < -0.39 is 10.0 Å². The summed E-state index contributed by atoms with van der Waals surface area (Å²) in [5, 5.41) is 2.67. The molecule has 2 aromatic carbocycles. The molecule has 2 aromatic rings. The third-order valence-electron chi connectivity index (χ3n) is 3.45. The van der Waals surface area contributed by atoms with E-state index in [1.54, 1.807) is 60.7 Å². The Hall–Kier alpha value is -2.86. The molecular formula is C19H20N2O3S. The van der Waals surface area contributed by atoms with Gasteiger partial charge in [-0.15, -0.1) is 13.2 Å². The highest BCUT2D eigenvalue weighted by Crippen LogP contribution is 2.24. The van der Waals surface area contributed by atoms with Crippen LogP contribution in [0, 0.1) is 0 Å². The lowest BCUT2D eigenvalue weighted by molar-refractivity contribution is 0.0958.